The summed E-state index contributed by atoms with van der Waals surface area (Å²) in [7, 11) is 1.73. The van der Waals surface area contributed by atoms with Crippen LogP contribution in [0.1, 0.15) is 120 Å². The largest absolute Gasteiger partial charge is 0.464 e. The maximum Gasteiger partial charge on any atom is 0.324 e. The van der Waals surface area contributed by atoms with Crippen LogP contribution in [0, 0.1) is 17.3 Å². The summed E-state index contributed by atoms with van der Waals surface area (Å²) in [6, 6.07) is 6.89. The van der Waals surface area contributed by atoms with Crippen LogP contribution in [0.2, 0.25) is 0 Å². The standard InChI is InChI=1S/C58H76N10O9/c1-35-48(45-31-74-34-60-45)49(35)54(69)62-51-53(66-16-6-7-17-66)46-32-76-55(61-46)37-10-13-47-41(27-37)43(29-58(3,4)33-77-57(71)44-9-8-18-68(63-44)56(51)70)52(67(47)23-26-75-40-14-24-73-25-15-40)42-28-39(30-59-50(42)36(2)72-5)65-21-19-64(20-22-65)38-11-12-38/h10,13,27-28,30-32,34-36,38,40,44,48-49,51,53,63H,6-9,11-12,14-26,29,33H2,1-5H3,(H,62,69)/t35-,36-,44-,48-,49+,51-,53+/m0/s1. The molecule has 5 aliphatic heterocycles. The van der Waals surface area contributed by atoms with E-state index in [1.165, 1.54) is 24.2 Å². The quantitative estimate of drug-likeness (QED) is 0.116. The molecule has 9 heterocycles. The zero-order valence-electron chi connectivity index (χ0n) is 45.4. The number of nitrogens with one attached hydrogen (secondary N) is 2. The Hall–Kier alpha value is -5.70. The number of pyridine rings is 1. The number of amides is 2. The summed E-state index contributed by atoms with van der Waals surface area (Å²) in [5, 5.41) is 5.77. The highest BCUT2D eigenvalue weighted by Gasteiger charge is 2.55. The summed E-state index contributed by atoms with van der Waals surface area (Å²) in [5.74, 6) is -1.18. The van der Waals surface area contributed by atoms with E-state index in [2.05, 4.69) is 80.0 Å². The van der Waals surface area contributed by atoms with Gasteiger partial charge in [-0.3, -0.25) is 34.2 Å². The number of nitrogens with zero attached hydrogens (tertiary/aromatic N) is 8. The first-order valence-corrected chi connectivity index (χ1v) is 28.4. The van der Waals surface area contributed by atoms with Gasteiger partial charge in [0.15, 0.2) is 6.39 Å². The number of hydrazine groups is 1. The number of benzene rings is 1. The molecule has 2 N–H and O–H groups in total. The number of esters is 1. The van der Waals surface area contributed by atoms with Crippen LogP contribution < -0.4 is 15.6 Å². The van der Waals surface area contributed by atoms with Crippen molar-refractivity contribution in [1.82, 2.24) is 45.1 Å². The fourth-order valence-corrected chi connectivity index (χ4v) is 13.0. The number of likely N-dealkylation sites (tertiary alicyclic amines) is 1. The number of anilines is 1. The second kappa shape index (κ2) is 21.9. The molecule has 7 atom stereocenters. The number of carbonyl (C=O) groups is 3. The summed E-state index contributed by atoms with van der Waals surface area (Å²) < 4.78 is 39.1. The smallest absolute Gasteiger partial charge is 0.324 e. The van der Waals surface area contributed by atoms with Gasteiger partial charge >= 0.3 is 5.97 Å². The molecule has 19 nitrogen and oxygen atoms in total. The van der Waals surface area contributed by atoms with Gasteiger partial charge in [0.1, 0.15) is 24.6 Å². The minimum Gasteiger partial charge on any atom is -0.464 e. The lowest BCUT2D eigenvalue weighted by molar-refractivity contribution is -0.156. The van der Waals surface area contributed by atoms with Gasteiger partial charge in [-0.25, -0.2) is 15.4 Å². The van der Waals surface area contributed by atoms with Crippen LogP contribution in [0.15, 0.2) is 58.2 Å². The zero-order chi connectivity index (χ0) is 53.0. The maximum atomic E-state index is 15.3. The molecule has 0 radical (unpaired) electrons. The van der Waals surface area contributed by atoms with E-state index >= 15 is 4.79 Å². The maximum absolute atomic E-state index is 15.3. The van der Waals surface area contributed by atoms with Crippen LogP contribution in [0.25, 0.3) is 33.6 Å². The van der Waals surface area contributed by atoms with Crippen molar-refractivity contribution in [2.45, 2.75) is 134 Å². The molecule has 6 fully saturated rings. The average molecular weight is 1060 g/mol. The van der Waals surface area contributed by atoms with E-state index in [4.69, 9.17) is 37.7 Å². The second-order valence-corrected chi connectivity index (χ2v) is 23.5. The summed E-state index contributed by atoms with van der Waals surface area (Å²) in [4.78, 5) is 66.4. The van der Waals surface area contributed by atoms with Gasteiger partial charge in [-0.15, -0.1) is 0 Å². The van der Waals surface area contributed by atoms with Gasteiger partial charge in [0, 0.05) is 105 Å². The summed E-state index contributed by atoms with van der Waals surface area (Å²) in [6.07, 6.45) is 14.1. The van der Waals surface area contributed by atoms with Gasteiger partial charge in [0.25, 0.3) is 5.91 Å². The Kier molecular flexibility index (Phi) is 14.8. The van der Waals surface area contributed by atoms with E-state index in [9.17, 15) is 9.59 Å². The monoisotopic (exact) mass is 1060 g/mol. The second-order valence-electron chi connectivity index (χ2n) is 23.5. The minimum atomic E-state index is -1.08. The van der Waals surface area contributed by atoms with Crippen LogP contribution >= 0.6 is 0 Å². The Bertz CT molecular complexity index is 2910. The summed E-state index contributed by atoms with van der Waals surface area (Å²) >= 11 is 0. The van der Waals surface area contributed by atoms with E-state index in [0.29, 0.717) is 82.5 Å². The molecule has 5 aromatic rings. The number of fused-ring (bicyclic) bond motifs is 6. The van der Waals surface area contributed by atoms with Gasteiger partial charge in [-0.05, 0) is 114 Å². The third kappa shape index (κ3) is 10.7. The van der Waals surface area contributed by atoms with E-state index in [-0.39, 0.29) is 42.5 Å². The Labute approximate surface area is 450 Å². The first kappa shape index (κ1) is 52.0. The van der Waals surface area contributed by atoms with Gasteiger partial charge in [0.2, 0.25) is 11.8 Å². The first-order valence-electron chi connectivity index (χ1n) is 28.4. The van der Waals surface area contributed by atoms with Crippen molar-refractivity contribution in [2.75, 3.05) is 84.3 Å². The molecule has 77 heavy (non-hydrogen) atoms. The molecule has 4 aromatic heterocycles. The zero-order valence-corrected chi connectivity index (χ0v) is 45.4. The molecule has 412 valence electrons. The Morgan fingerprint density at radius 2 is 1.74 bits per heavy atom. The molecule has 2 aliphatic carbocycles. The van der Waals surface area contributed by atoms with Crippen molar-refractivity contribution >= 4 is 34.4 Å². The predicted molar refractivity (Wildman–Crippen MR) is 286 cm³/mol. The molecule has 1 aromatic carbocycles. The highest BCUT2D eigenvalue weighted by atomic mass is 16.5. The van der Waals surface area contributed by atoms with Gasteiger partial charge in [-0.1, -0.05) is 20.8 Å². The molecule has 4 saturated heterocycles. The van der Waals surface area contributed by atoms with Crippen molar-refractivity contribution in [3.8, 4) is 22.7 Å². The van der Waals surface area contributed by atoms with Gasteiger partial charge in [-0.2, -0.15) is 0 Å². The number of rotatable bonds is 13. The van der Waals surface area contributed by atoms with E-state index < -0.39 is 35.4 Å². The summed E-state index contributed by atoms with van der Waals surface area (Å²) in [6.45, 7) is 16.5. The average Bonchev–Trinajstić information content (AvgIpc) is 4.16. The lowest BCUT2D eigenvalue weighted by atomic mass is 9.84. The highest BCUT2D eigenvalue weighted by molar-refractivity contribution is 5.95. The number of piperazine rings is 1. The third-order valence-corrected chi connectivity index (χ3v) is 17.6. The fourth-order valence-electron chi connectivity index (χ4n) is 13.0. The lowest BCUT2D eigenvalue weighted by Crippen LogP contribution is -2.62. The normalized spacial score (nSPS) is 27.2. The van der Waals surface area contributed by atoms with E-state index in [1.54, 1.807) is 19.6 Å². The molecule has 7 aliphatic rings. The number of aromatic nitrogens is 4. The first-order chi connectivity index (χ1) is 37.4. The molecule has 2 saturated carbocycles. The molecule has 2 amide bonds. The SMILES string of the molecule is CO[C@@H](C)c1ncc(N2CCN(C3CC3)CC2)cc1-c1c2c3cc(ccc3n1CCOC1CCOCC1)-c1nc(co1)[C@@H](N1CCCC1)[C@H](NC(=O)[C@@H]1[C@@H](C)[C@H]1c1cocn1)C(=O)N1CCC[C@H](N1)C(=O)OCC(C)(C)C2. The topological polar surface area (TPSA) is 195 Å². The number of hydrogen-bond acceptors (Lipinski definition) is 16. The summed E-state index contributed by atoms with van der Waals surface area (Å²) in [5.41, 5.74) is 10.7. The van der Waals surface area contributed by atoms with Crippen molar-refractivity contribution < 1.29 is 42.2 Å². The third-order valence-electron chi connectivity index (χ3n) is 17.6. The lowest BCUT2D eigenvalue weighted by Gasteiger charge is -2.39. The Balaban J connectivity index is 0.991. The van der Waals surface area contributed by atoms with Crippen molar-refractivity contribution in [2.24, 2.45) is 17.3 Å². The molecule has 0 unspecified atom stereocenters. The number of cyclic esters (lactones) is 1. The van der Waals surface area contributed by atoms with Crippen molar-refractivity contribution in [3.63, 3.8) is 0 Å². The molecule has 12 rings (SSSR count). The van der Waals surface area contributed by atoms with Gasteiger partial charge < -0.3 is 42.6 Å². The highest BCUT2D eigenvalue weighted by Crippen LogP contribution is 2.53. The number of methoxy groups -OCH3 is 1. The van der Waals surface area contributed by atoms with Crippen LogP contribution in [0.4, 0.5) is 5.69 Å². The van der Waals surface area contributed by atoms with Crippen molar-refractivity contribution in [1.29, 1.82) is 0 Å². The Morgan fingerprint density at radius 3 is 2.49 bits per heavy atom. The van der Waals surface area contributed by atoms with Crippen LogP contribution in [-0.4, -0.2) is 156 Å². The number of carbonyl (C=O) groups excluding carboxylic acids is 3. The fraction of sp³-hybridized carbons (Fsp3) is 0.621. The molecular weight excluding hydrogens is 981 g/mol. The number of ether oxygens (including phenoxy) is 4. The number of hydrogen-bond donors (Lipinski definition) is 2. The number of oxazole rings is 2. The molecule has 19 heteroatoms. The van der Waals surface area contributed by atoms with Crippen molar-refractivity contribution in [3.05, 3.63) is 72.0 Å². The molecule has 6 bridgehead atoms. The molecular formula is C58H76N10O9. The van der Waals surface area contributed by atoms with Gasteiger partial charge in [0.05, 0.1) is 66.1 Å². The minimum absolute atomic E-state index is 0.00699. The van der Waals surface area contributed by atoms with E-state index in [0.717, 1.165) is 103 Å². The Morgan fingerprint density at radius 1 is 0.935 bits per heavy atom. The van der Waals surface area contributed by atoms with Crippen LogP contribution in [-0.2, 0) is 46.3 Å². The van der Waals surface area contributed by atoms with Crippen LogP contribution in [0.3, 0.4) is 0 Å². The van der Waals surface area contributed by atoms with Crippen LogP contribution in [0.5, 0.6) is 0 Å². The predicted octanol–water partition coefficient (Wildman–Crippen LogP) is 6.83. The van der Waals surface area contributed by atoms with E-state index in [1.807, 2.05) is 13.1 Å². The molecule has 0 spiro atoms.